The molecule has 3 rings (SSSR count). The Morgan fingerprint density at radius 1 is 0.880 bits per heavy atom. The summed E-state index contributed by atoms with van der Waals surface area (Å²) in [5, 5.41) is 12.2. The molecular weight excluding hydrogens is 368 g/mol. The average Bonchev–Trinajstić information content (AvgIpc) is 2.98. The molecule has 0 bridgehead atoms. The third kappa shape index (κ3) is 4.15. The van der Waals surface area contributed by atoms with E-state index in [9.17, 15) is 0 Å². The molecule has 2 aromatic heterocycles. The summed E-state index contributed by atoms with van der Waals surface area (Å²) in [5.74, 6) is 2.99. The van der Waals surface area contributed by atoms with Crippen LogP contribution in [0.1, 0.15) is 26.3 Å². The lowest BCUT2D eigenvalue weighted by molar-refractivity contribution is -0.701. The number of aromatic nitrogens is 4. The second kappa shape index (κ2) is 8.96. The topological polar surface area (TPSA) is 45.5 Å². The van der Waals surface area contributed by atoms with E-state index in [2.05, 4.69) is 70.9 Å². The maximum absolute atomic E-state index is 4.53. The SMILES string of the molecule is CCSc1nnc(SCC)c2c1[nH]c(SCC)[n+]2Cc1ccccc1. The van der Waals surface area contributed by atoms with E-state index >= 15 is 0 Å². The van der Waals surface area contributed by atoms with Gasteiger partial charge in [-0.15, -0.1) is 33.7 Å². The summed E-state index contributed by atoms with van der Waals surface area (Å²) in [7, 11) is 0. The summed E-state index contributed by atoms with van der Waals surface area (Å²) in [4.78, 5) is 3.63. The Morgan fingerprint density at radius 3 is 2.20 bits per heavy atom. The lowest BCUT2D eigenvalue weighted by atomic mass is 10.2. The van der Waals surface area contributed by atoms with Gasteiger partial charge in [-0.25, -0.2) is 9.55 Å². The van der Waals surface area contributed by atoms with E-state index < -0.39 is 0 Å². The van der Waals surface area contributed by atoms with Crippen molar-refractivity contribution in [3.63, 3.8) is 0 Å². The molecule has 0 aliphatic heterocycles. The second-order valence-electron chi connectivity index (χ2n) is 5.33. The van der Waals surface area contributed by atoms with Crippen molar-refractivity contribution >= 4 is 46.3 Å². The molecule has 2 heterocycles. The van der Waals surface area contributed by atoms with Crippen molar-refractivity contribution in [3.8, 4) is 0 Å². The molecule has 3 aromatic rings. The van der Waals surface area contributed by atoms with Crippen molar-refractivity contribution in [1.82, 2.24) is 15.2 Å². The summed E-state index contributed by atoms with van der Waals surface area (Å²) >= 11 is 5.33. The van der Waals surface area contributed by atoms with Gasteiger partial charge in [0.15, 0.2) is 10.1 Å². The Kier molecular flexibility index (Phi) is 6.67. The predicted molar refractivity (Wildman–Crippen MR) is 109 cm³/mol. The number of hydrogen-bond donors (Lipinski definition) is 1. The number of nitrogens with zero attached hydrogens (tertiary/aromatic N) is 3. The van der Waals surface area contributed by atoms with Crippen LogP contribution < -0.4 is 4.57 Å². The van der Waals surface area contributed by atoms with Crippen LogP contribution in [0.3, 0.4) is 0 Å². The van der Waals surface area contributed by atoms with E-state index in [4.69, 9.17) is 0 Å². The summed E-state index contributed by atoms with van der Waals surface area (Å²) in [5.41, 5.74) is 3.59. The van der Waals surface area contributed by atoms with Crippen LogP contribution in [0.5, 0.6) is 0 Å². The summed E-state index contributed by atoms with van der Waals surface area (Å²) in [6.07, 6.45) is 0. The number of nitrogens with one attached hydrogen (secondary N) is 1. The third-order valence-corrected chi connectivity index (χ3v) is 6.23. The lowest BCUT2D eigenvalue weighted by Crippen LogP contribution is -2.36. The van der Waals surface area contributed by atoms with Crippen molar-refractivity contribution in [1.29, 1.82) is 0 Å². The minimum Gasteiger partial charge on any atom is -0.229 e. The highest BCUT2D eigenvalue weighted by Gasteiger charge is 2.26. The fourth-order valence-corrected chi connectivity index (χ4v) is 4.82. The summed E-state index contributed by atoms with van der Waals surface area (Å²) in [6, 6.07) is 10.6. The van der Waals surface area contributed by atoms with E-state index in [0.29, 0.717) is 0 Å². The number of fused-ring (bicyclic) bond motifs is 1. The van der Waals surface area contributed by atoms with Gasteiger partial charge in [-0.1, -0.05) is 51.1 Å². The normalized spacial score (nSPS) is 11.3. The van der Waals surface area contributed by atoms with Crippen LogP contribution in [-0.4, -0.2) is 32.4 Å². The lowest BCUT2D eigenvalue weighted by Gasteiger charge is -2.05. The van der Waals surface area contributed by atoms with Crippen LogP contribution in [0.2, 0.25) is 0 Å². The first-order valence-electron chi connectivity index (χ1n) is 8.52. The first-order valence-corrected chi connectivity index (χ1v) is 11.5. The molecule has 1 aromatic carbocycles. The van der Waals surface area contributed by atoms with Crippen LogP contribution in [-0.2, 0) is 6.54 Å². The molecule has 0 saturated carbocycles. The molecule has 0 fully saturated rings. The van der Waals surface area contributed by atoms with Gasteiger partial charge in [0, 0.05) is 5.75 Å². The van der Waals surface area contributed by atoms with E-state index in [1.807, 2.05) is 11.8 Å². The molecule has 0 radical (unpaired) electrons. The smallest absolute Gasteiger partial charge is 0.229 e. The minimum atomic E-state index is 0.836. The minimum absolute atomic E-state index is 0.836. The molecule has 132 valence electrons. The molecule has 0 amide bonds. The molecule has 0 unspecified atom stereocenters. The number of hydrogen-bond acceptors (Lipinski definition) is 5. The van der Waals surface area contributed by atoms with Gasteiger partial charge in [-0.05, 0) is 28.8 Å². The van der Waals surface area contributed by atoms with Gasteiger partial charge < -0.3 is 0 Å². The van der Waals surface area contributed by atoms with Crippen LogP contribution in [0.4, 0.5) is 0 Å². The summed E-state index contributed by atoms with van der Waals surface area (Å²) in [6.45, 7) is 7.32. The maximum atomic E-state index is 4.53. The molecule has 0 spiro atoms. The van der Waals surface area contributed by atoms with Gasteiger partial charge in [-0.2, -0.15) is 0 Å². The van der Waals surface area contributed by atoms with Gasteiger partial charge in [0.05, 0.1) is 0 Å². The van der Waals surface area contributed by atoms with Crippen LogP contribution in [0.25, 0.3) is 11.0 Å². The number of H-pyrrole nitrogens is 1. The number of thioether (sulfide) groups is 3. The molecule has 0 atom stereocenters. The first kappa shape index (κ1) is 18.6. The van der Waals surface area contributed by atoms with Crippen molar-refractivity contribution in [2.24, 2.45) is 0 Å². The Balaban J connectivity index is 2.19. The Hall–Kier alpha value is -1.18. The van der Waals surface area contributed by atoms with E-state index in [0.717, 1.165) is 39.4 Å². The number of aromatic amines is 1. The number of benzene rings is 1. The Labute approximate surface area is 161 Å². The zero-order valence-corrected chi connectivity index (χ0v) is 17.2. The quantitative estimate of drug-likeness (QED) is 0.448. The average molecular weight is 392 g/mol. The van der Waals surface area contributed by atoms with E-state index in [1.165, 1.54) is 16.2 Å². The molecular formula is C18H23N4S3+. The second-order valence-corrected chi connectivity index (χ2v) is 9.09. The zero-order chi connectivity index (χ0) is 17.6. The molecule has 4 nitrogen and oxygen atoms in total. The fourth-order valence-electron chi connectivity index (χ4n) is 2.67. The molecule has 7 heteroatoms. The highest BCUT2D eigenvalue weighted by Crippen LogP contribution is 2.31. The highest BCUT2D eigenvalue weighted by molar-refractivity contribution is 8.00. The summed E-state index contributed by atoms with van der Waals surface area (Å²) < 4.78 is 2.37. The van der Waals surface area contributed by atoms with Crippen LogP contribution >= 0.6 is 35.3 Å². The van der Waals surface area contributed by atoms with Crippen molar-refractivity contribution < 1.29 is 4.57 Å². The number of rotatable bonds is 8. The molecule has 0 aliphatic rings. The van der Waals surface area contributed by atoms with Crippen molar-refractivity contribution in [2.45, 2.75) is 42.5 Å². The van der Waals surface area contributed by atoms with Crippen LogP contribution in [0.15, 0.2) is 45.5 Å². The van der Waals surface area contributed by atoms with E-state index in [-0.39, 0.29) is 0 Å². The number of imidazole rings is 1. The standard InChI is InChI=1S/C18H22N4S3/c1-4-23-16-14-15(17(21-20-16)24-5-2)22(18(19-14)25-6-3)12-13-10-8-7-9-11-13/h7-11H,4-6,12H2,1-3H3/p+1. The monoisotopic (exact) mass is 391 g/mol. The van der Waals surface area contributed by atoms with Gasteiger partial charge in [0.2, 0.25) is 11.0 Å². The molecule has 0 aliphatic carbocycles. The largest absolute Gasteiger partial charge is 0.317 e. The van der Waals surface area contributed by atoms with Crippen molar-refractivity contribution in [2.75, 3.05) is 17.3 Å². The molecule has 1 N–H and O–H groups in total. The van der Waals surface area contributed by atoms with E-state index in [1.54, 1.807) is 23.5 Å². The molecule has 25 heavy (non-hydrogen) atoms. The highest BCUT2D eigenvalue weighted by atomic mass is 32.2. The first-order chi connectivity index (χ1) is 12.3. The van der Waals surface area contributed by atoms with Gasteiger partial charge in [-0.3, -0.25) is 0 Å². The fraction of sp³-hybridized carbons (Fsp3) is 0.389. The maximum Gasteiger partial charge on any atom is 0.317 e. The Morgan fingerprint density at radius 2 is 1.52 bits per heavy atom. The van der Waals surface area contributed by atoms with Gasteiger partial charge >= 0.3 is 5.16 Å². The van der Waals surface area contributed by atoms with Gasteiger partial charge in [0.25, 0.3) is 0 Å². The van der Waals surface area contributed by atoms with Gasteiger partial charge in [0.1, 0.15) is 6.54 Å². The predicted octanol–water partition coefficient (Wildman–Crippen LogP) is 4.63. The van der Waals surface area contributed by atoms with Crippen LogP contribution in [0, 0.1) is 0 Å². The Bertz CT molecular complexity index is 833. The molecule has 0 saturated heterocycles. The van der Waals surface area contributed by atoms with Crippen molar-refractivity contribution in [3.05, 3.63) is 35.9 Å². The zero-order valence-electron chi connectivity index (χ0n) is 14.8. The third-order valence-electron chi connectivity index (χ3n) is 3.66.